The molecular weight excluding hydrogens is 232 g/mol. The molecule has 1 aliphatic carbocycles. The van der Waals surface area contributed by atoms with Crippen molar-refractivity contribution in [2.75, 3.05) is 31.1 Å². The summed E-state index contributed by atoms with van der Waals surface area (Å²) in [4.78, 5) is 2.47. The number of hydrogen-bond acceptors (Lipinski definition) is 3. The fraction of sp³-hybridized carbons (Fsp3) is 1.00. The molecule has 4 atom stereocenters. The standard InChI is InChI=1S/C13H26N2OS/c1-10-7-11(2)12(13(14)8-10)9-15-3-5-17(16)6-4-15/h10-13H,3-9,14H2,1-2H3. The Morgan fingerprint density at radius 2 is 1.88 bits per heavy atom. The highest BCUT2D eigenvalue weighted by Gasteiger charge is 2.33. The lowest BCUT2D eigenvalue weighted by atomic mass is 9.72. The lowest BCUT2D eigenvalue weighted by molar-refractivity contribution is 0.122. The van der Waals surface area contributed by atoms with Gasteiger partial charge in [-0.3, -0.25) is 4.21 Å². The summed E-state index contributed by atoms with van der Waals surface area (Å²) >= 11 is 0. The molecule has 2 rings (SSSR count). The molecule has 0 aromatic carbocycles. The highest BCUT2D eigenvalue weighted by atomic mass is 32.2. The van der Waals surface area contributed by atoms with Gasteiger partial charge in [-0.15, -0.1) is 0 Å². The smallest absolute Gasteiger partial charge is 0.0363 e. The SMILES string of the molecule is CC1CC(C)C(CN2CCS(=O)CC2)C(N)C1. The molecule has 17 heavy (non-hydrogen) atoms. The van der Waals surface area contributed by atoms with Crippen LogP contribution in [0.5, 0.6) is 0 Å². The van der Waals surface area contributed by atoms with E-state index in [9.17, 15) is 4.21 Å². The van der Waals surface area contributed by atoms with Gasteiger partial charge >= 0.3 is 0 Å². The van der Waals surface area contributed by atoms with Crippen LogP contribution in [0.15, 0.2) is 0 Å². The minimum absolute atomic E-state index is 0.362. The molecule has 3 nitrogen and oxygen atoms in total. The molecule has 100 valence electrons. The third kappa shape index (κ3) is 3.52. The van der Waals surface area contributed by atoms with E-state index < -0.39 is 10.8 Å². The van der Waals surface area contributed by atoms with Crippen LogP contribution in [-0.4, -0.2) is 46.3 Å². The van der Waals surface area contributed by atoms with Crippen LogP contribution in [0.1, 0.15) is 26.7 Å². The van der Waals surface area contributed by atoms with Crippen molar-refractivity contribution in [2.24, 2.45) is 23.5 Å². The summed E-state index contributed by atoms with van der Waals surface area (Å²) in [6.45, 7) is 7.78. The molecule has 2 N–H and O–H groups in total. The van der Waals surface area contributed by atoms with E-state index in [4.69, 9.17) is 5.73 Å². The maximum atomic E-state index is 11.3. The monoisotopic (exact) mass is 258 g/mol. The van der Waals surface area contributed by atoms with E-state index in [-0.39, 0.29) is 0 Å². The average molecular weight is 258 g/mol. The molecule has 4 heteroatoms. The Balaban J connectivity index is 1.87. The number of nitrogens with two attached hydrogens (primary N) is 1. The number of rotatable bonds is 2. The number of hydrogen-bond donors (Lipinski definition) is 1. The predicted octanol–water partition coefficient (Wildman–Crippen LogP) is 1.06. The van der Waals surface area contributed by atoms with Crippen molar-refractivity contribution in [3.63, 3.8) is 0 Å². The zero-order valence-corrected chi connectivity index (χ0v) is 11.9. The van der Waals surface area contributed by atoms with Crippen molar-refractivity contribution in [1.29, 1.82) is 0 Å². The Morgan fingerprint density at radius 1 is 1.24 bits per heavy atom. The Kier molecular flexibility index (Phi) is 4.61. The van der Waals surface area contributed by atoms with Crippen LogP contribution in [0.25, 0.3) is 0 Å². The molecule has 0 amide bonds. The Hall–Kier alpha value is 0.0700. The van der Waals surface area contributed by atoms with Crippen molar-refractivity contribution in [1.82, 2.24) is 4.90 Å². The Bertz CT molecular complexity index is 263. The molecule has 0 radical (unpaired) electrons. The first kappa shape index (κ1) is 13.5. The molecule has 1 heterocycles. The Morgan fingerprint density at radius 3 is 2.47 bits per heavy atom. The lowest BCUT2D eigenvalue weighted by Gasteiger charge is -2.41. The van der Waals surface area contributed by atoms with E-state index in [0.29, 0.717) is 12.0 Å². The van der Waals surface area contributed by atoms with Gasteiger partial charge in [0.05, 0.1) is 0 Å². The van der Waals surface area contributed by atoms with Gasteiger partial charge in [-0.25, -0.2) is 0 Å². The molecule has 0 aromatic rings. The summed E-state index contributed by atoms with van der Waals surface area (Å²) in [6.07, 6.45) is 2.49. The molecule has 0 bridgehead atoms. The van der Waals surface area contributed by atoms with Crippen LogP contribution in [0.2, 0.25) is 0 Å². The second-order valence-corrected chi connectivity index (χ2v) is 7.73. The van der Waals surface area contributed by atoms with Gasteiger partial charge in [0, 0.05) is 48.0 Å². The van der Waals surface area contributed by atoms with Gasteiger partial charge in [-0.1, -0.05) is 13.8 Å². The highest BCUT2D eigenvalue weighted by molar-refractivity contribution is 7.85. The third-order valence-corrected chi connectivity index (χ3v) is 5.74. The topological polar surface area (TPSA) is 46.3 Å². The van der Waals surface area contributed by atoms with E-state index in [1.165, 1.54) is 12.8 Å². The Labute approximate surface area is 108 Å². The summed E-state index contributed by atoms with van der Waals surface area (Å²) in [5.41, 5.74) is 6.32. The molecule has 1 aliphatic heterocycles. The first-order chi connectivity index (χ1) is 8.06. The van der Waals surface area contributed by atoms with Crippen LogP contribution in [-0.2, 0) is 10.8 Å². The van der Waals surface area contributed by atoms with Gasteiger partial charge in [0.25, 0.3) is 0 Å². The summed E-state index contributed by atoms with van der Waals surface area (Å²) in [5, 5.41) is 0. The van der Waals surface area contributed by atoms with Gasteiger partial charge < -0.3 is 10.6 Å². The van der Waals surface area contributed by atoms with Crippen LogP contribution >= 0.6 is 0 Å². The third-order valence-electron chi connectivity index (χ3n) is 4.47. The van der Waals surface area contributed by atoms with Gasteiger partial charge in [-0.2, -0.15) is 0 Å². The van der Waals surface area contributed by atoms with Gasteiger partial charge in [0.15, 0.2) is 0 Å². The maximum absolute atomic E-state index is 11.3. The van der Waals surface area contributed by atoms with Crippen molar-refractivity contribution in [2.45, 2.75) is 32.7 Å². The average Bonchev–Trinajstić information content (AvgIpc) is 2.26. The fourth-order valence-electron chi connectivity index (χ4n) is 3.44. The molecule has 1 saturated heterocycles. The second-order valence-electron chi connectivity index (χ2n) is 6.03. The quantitative estimate of drug-likeness (QED) is 0.805. The minimum Gasteiger partial charge on any atom is -0.327 e. The molecule has 0 aromatic heterocycles. The lowest BCUT2D eigenvalue weighted by Crippen LogP contribution is -2.49. The number of nitrogens with zero attached hydrogens (tertiary/aromatic N) is 1. The van der Waals surface area contributed by atoms with Crippen LogP contribution < -0.4 is 5.73 Å². The van der Waals surface area contributed by atoms with E-state index in [1.54, 1.807) is 0 Å². The largest absolute Gasteiger partial charge is 0.327 e. The first-order valence-corrected chi connectivity index (χ1v) is 8.38. The summed E-state index contributed by atoms with van der Waals surface area (Å²) in [7, 11) is -0.564. The van der Waals surface area contributed by atoms with E-state index >= 15 is 0 Å². The highest BCUT2D eigenvalue weighted by Crippen LogP contribution is 2.33. The summed E-state index contributed by atoms with van der Waals surface area (Å²) in [5.74, 6) is 3.86. The van der Waals surface area contributed by atoms with E-state index in [1.807, 2.05) is 0 Å². The van der Waals surface area contributed by atoms with Crippen molar-refractivity contribution in [3.8, 4) is 0 Å². The van der Waals surface area contributed by atoms with E-state index in [2.05, 4.69) is 18.7 Å². The van der Waals surface area contributed by atoms with Crippen LogP contribution in [0.4, 0.5) is 0 Å². The van der Waals surface area contributed by atoms with Gasteiger partial charge in [0.2, 0.25) is 0 Å². The molecule has 2 aliphatic rings. The van der Waals surface area contributed by atoms with Crippen molar-refractivity contribution >= 4 is 10.8 Å². The van der Waals surface area contributed by atoms with E-state index in [0.717, 1.165) is 43.0 Å². The van der Waals surface area contributed by atoms with Crippen LogP contribution in [0, 0.1) is 17.8 Å². The zero-order valence-electron chi connectivity index (χ0n) is 11.1. The molecule has 2 fully saturated rings. The predicted molar refractivity (Wildman–Crippen MR) is 73.3 cm³/mol. The van der Waals surface area contributed by atoms with Crippen molar-refractivity contribution in [3.05, 3.63) is 0 Å². The minimum atomic E-state index is -0.564. The van der Waals surface area contributed by atoms with Crippen molar-refractivity contribution < 1.29 is 4.21 Å². The molecule has 1 saturated carbocycles. The molecule has 4 unspecified atom stereocenters. The zero-order chi connectivity index (χ0) is 12.4. The molecular formula is C13H26N2OS. The molecule has 0 spiro atoms. The summed E-state index contributed by atoms with van der Waals surface area (Å²) in [6, 6.07) is 0.362. The normalized spacial score (nSPS) is 41.6. The van der Waals surface area contributed by atoms with Crippen LogP contribution in [0.3, 0.4) is 0 Å². The van der Waals surface area contributed by atoms with Gasteiger partial charge in [-0.05, 0) is 30.6 Å². The summed E-state index contributed by atoms with van der Waals surface area (Å²) < 4.78 is 11.3. The van der Waals surface area contributed by atoms with Gasteiger partial charge in [0.1, 0.15) is 0 Å². The fourth-order valence-corrected chi connectivity index (χ4v) is 4.57. The second kappa shape index (κ2) is 5.81. The maximum Gasteiger partial charge on any atom is 0.0363 e. The first-order valence-electron chi connectivity index (χ1n) is 6.89.